The highest BCUT2D eigenvalue weighted by Gasteiger charge is 2.28. The summed E-state index contributed by atoms with van der Waals surface area (Å²) in [6, 6.07) is 3.87. The van der Waals surface area contributed by atoms with Crippen LogP contribution in [0.5, 0.6) is 5.75 Å². The van der Waals surface area contributed by atoms with E-state index in [2.05, 4.69) is 15.6 Å². The molecule has 0 aliphatic carbocycles. The molecule has 0 radical (unpaired) electrons. The summed E-state index contributed by atoms with van der Waals surface area (Å²) >= 11 is 0. The van der Waals surface area contributed by atoms with Crippen molar-refractivity contribution in [3.63, 3.8) is 0 Å². The second kappa shape index (κ2) is 12.7. The number of rotatable bonds is 13. The third kappa shape index (κ3) is 8.65. The van der Waals surface area contributed by atoms with Crippen molar-refractivity contribution in [2.75, 3.05) is 53.3 Å². The molecule has 0 unspecified atom stereocenters. The van der Waals surface area contributed by atoms with Gasteiger partial charge in [0, 0.05) is 19.2 Å². The van der Waals surface area contributed by atoms with Crippen molar-refractivity contribution in [2.45, 2.75) is 6.18 Å². The zero-order chi connectivity index (χ0) is 24.3. The van der Waals surface area contributed by atoms with Crippen molar-refractivity contribution in [3.8, 4) is 11.4 Å². The number of ether oxygens (including phenoxy) is 3. The quantitative estimate of drug-likeness (QED) is 0.330. The highest BCUT2D eigenvalue weighted by Crippen LogP contribution is 2.25. The van der Waals surface area contributed by atoms with E-state index in [1.807, 2.05) is 0 Å². The smallest absolute Gasteiger partial charge is 0.405 e. The van der Waals surface area contributed by atoms with Gasteiger partial charge < -0.3 is 24.8 Å². The van der Waals surface area contributed by atoms with Crippen molar-refractivity contribution in [1.82, 2.24) is 25.6 Å². The SMILES string of the molecule is COCCNC(=O)c1cn(-c2ccc(C(=O)NCC(F)(F)F)cc2OCCOCCF)nn1. The van der Waals surface area contributed by atoms with Crippen molar-refractivity contribution >= 4 is 11.8 Å². The molecular weight excluding hydrogens is 454 g/mol. The first-order valence-electron chi connectivity index (χ1n) is 9.70. The van der Waals surface area contributed by atoms with Gasteiger partial charge in [-0.2, -0.15) is 13.2 Å². The molecule has 2 aromatic rings. The molecular formula is C19H23F4N5O5. The lowest BCUT2D eigenvalue weighted by Gasteiger charge is -2.14. The standard InChI is InChI=1S/C19H23F4N5O5/c1-31-7-5-24-18(30)14-11-28(27-26-14)15-3-2-13(17(29)25-12-19(21,22)23)10-16(15)33-9-8-32-6-4-20/h2-3,10-11H,4-9,12H2,1H3,(H,24,30)(H,25,29). The average molecular weight is 477 g/mol. The molecule has 2 amide bonds. The lowest BCUT2D eigenvalue weighted by Crippen LogP contribution is -2.33. The molecule has 10 nitrogen and oxygen atoms in total. The third-order valence-corrected chi connectivity index (χ3v) is 3.94. The number of amides is 2. The lowest BCUT2D eigenvalue weighted by molar-refractivity contribution is -0.123. The summed E-state index contributed by atoms with van der Waals surface area (Å²) in [5.41, 5.74) is 0.159. The van der Waals surface area contributed by atoms with Crippen molar-refractivity contribution in [3.05, 3.63) is 35.7 Å². The van der Waals surface area contributed by atoms with E-state index in [1.54, 1.807) is 5.32 Å². The summed E-state index contributed by atoms with van der Waals surface area (Å²) < 4.78 is 65.9. The van der Waals surface area contributed by atoms with Gasteiger partial charge >= 0.3 is 6.18 Å². The fraction of sp³-hybridized carbons (Fsp3) is 0.474. The first-order valence-corrected chi connectivity index (χ1v) is 9.70. The number of alkyl halides is 4. The summed E-state index contributed by atoms with van der Waals surface area (Å²) in [7, 11) is 1.49. The molecule has 0 fully saturated rings. The molecule has 33 heavy (non-hydrogen) atoms. The molecule has 1 aromatic carbocycles. The number of halogens is 4. The number of hydrogen-bond acceptors (Lipinski definition) is 7. The van der Waals surface area contributed by atoms with Gasteiger partial charge in [0.25, 0.3) is 11.8 Å². The number of nitrogens with zero attached hydrogens (tertiary/aromatic N) is 3. The van der Waals surface area contributed by atoms with Crippen LogP contribution in [-0.2, 0) is 9.47 Å². The normalized spacial score (nSPS) is 11.3. The van der Waals surface area contributed by atoms with Crippen molar-refractivity contribution in [1.29, 1.82) is 0 Å². The Morgan fingerprint density at radius 3 is 2.58 bits per heavy atom. The van der Waals surface area contributed by atoms with E-state index in [1.165, 1.54) is 36.2 Å². The number of carbonyl (C=O) groups is 2. The number of hydrogen-bond donors (Lipinski definition) is 2. The Morgan fingerprint density at radius 2 is 1.88 bits per heavy atom. The van der Waals surface area contributed by atoms with Crippen molar-refractivity contribution < 1.29 is 41.4 Å². The van der Waals surface area contributed by atoms with Gasteiger partial charge in [0.15, 0.2) is 5.69 Å². The number of carbonyl (C=O) groups excluding carboxylic acids is 2. The van der Waals surface area contributed by atoms with E-state index < -0.39 is 31.2 Å². The van der Waals surface area contributed by atoms with E-state index in [0.717, 1.165) is 0 Å². The number of nitrogens with one attached hydrogen (secondary N) is 2. The highest BCUT2D eigenvalue weighted by atomic mass is 19.4. The topological polar surface area (TPSA) is 117 Å². The maximum atomic E-state index is 12.4. The Labute approximate surface area is 186 Å². The highest BCUT2D eigenvalue weighted by molar-refractivity contribution is 5.95. The van der Waals surface area contributed by atoms with Crippen molar-refractivity contribution in [2.24, 2.45) is 0 Å². The summed E-state index contributed by atoms with van der Waals surface area (Å²) in [5.74, 6) is -1.40. The van der Waals surface area contributed by atoms with Crippen LogP contribution in [0.2, 0.25) is 0 Å². The monoisotopic (exact) mass is 477 g/mol. The number of aromatic nitrogens is 3. The molecule has 0 bridgehead atoms. The minimum Gasteiger partial charge on any atom is -0.489 e. The Bertz CT molecular complexity index is 922. The second-order valence-electron chi connectivity index (χ2n) is 6.43. The van der Waals surface area contributed by atoms with Crippen LogP contribution in [-0.4, -0.2) is 86.3 Å². The molecule has 0 aliphatic rings. The van der Waals surface area contributed by atoms with E-state index in [-0.39, 0.29) is 49.1 Å². The molecule has 1 aromatic heterocycles. The Morgan fingerprint density at radius 1 is 1.09 bits per heavy atom. The minimum absolute atomic E-state index is 0.00433. The van der Waals surface area contributed by atoms with Gasteiger partial charge in [-0.3, -0.25) is 9.59 Å². The van der Waals surface area contributed by atoms with Crippen LogP contribution in [0.15, 0.2) is 24.4 Å². The summed E-state index contributed by atoms with van der Waals surface area (Å²) in [6.07, 6.45) is -3.25. The van der Waals surface area contributed by atoms with Crippen LogP contribution >= 0.6 is 0 Å². The molecule has 14 heteroatoms. The molecule has 1 heterocycles. The van der Waals surface area contributed by atoms with E-state index in [4.69, 9.17) is 14.2 Å². The number of methoxy groups -OCH3 is 1. The molecule has 2 N–H and O–H groups in total. The lowest BCUT2D eigenvalue weighted by atomic mass is 10.1. The van der Waals surface area contributed by atoms with Crippen LogP contribution in [0, 0.1) is 0 Å². The molecule has 0 aliphatic heterocycles. The zero-order valence-electron chi connectivity index (χ0n) is 17.7. The van der Waals surface area contributed by atoms with Gasteiger partial charge in [0.2, 0.25) is 0 Å². The molecule has 0 saturated heterocycles. The number of benzene rings is 1. The fourth-order valence-corrected chi connectivity index (χ4v) is 2.45. The van der Waals surface area contributed by atoms with Crippen LogP contribution in [0.3, 0.4) is 0 Å². The van der Waals surface area contributed by atoms with Gasteiger partial charge in [0.1, 0.15) is 31.3 Å². The minimum atomic E-state index is -4.57. The Kier molecular flexibility index (Phi) is 10.00. The fourth-order valence-electron chi connectivity index (χ4n) is 2.45. The van der Waals surface area contributed by atoms with Gasteiger partial charge in [-0.1, -0.05) is 5.21 Å². The first kappa shape index (κ1) is 26.0. The van der Waals surface area contributed by atoms with Gasteiger partial charge in [0.05, 0.1) is 26.0 Å². The third-order valence-electron chi connectivity index (χ3n) is 3.94. The summed E-state index contributed by atoms with van der Waals surface area (Å²) in [4.78, 5) is 24.2. The molecule has 0 spiro atoms. The molecule has 0 saturated carbocycles. The summed E-state index contributed by atoms with van der Waals surface area (Å²) in [5, 5.41) is 12.0. The van der Waals surface area contributed by atoms with Crippen LogP contribution in [0.1, 0.15) is 20.8 Å². The maximum Gasteiger partial charge on any atom is 0.405 e. The maximum absolute atomic E-state index is 12.4. The van der Waals surface area contributed by atoms with Crippen LogP contribution in [0.4, 0.5) is 17.6 Å². The van der Waals surface area contributed by atoms with Crippen LogP contribution in [0.25, 0.3) is 5.69 Å². The average Bonchev–Trinajstić information content (AvgIpc) is 3.27. The largest absolute Gasteiger partial charge is 0.489 e. The molecule has 2 rings (SSSR count). The van der Waals surface area contributed by atoms with Gasteiger partial charge in [-0.05, 0) is 18.2 Å². The zero-order valence-corrected chi connectivity index (χ0v) is 17.7. The van der Waals surface area contributed by atoms with E-state index >= 15 is 0 Å². The predicted molar refractivity (Wildman–Crippen MR) is 106 cm³/mol. The first-order chi connectivity index (χ1) is 15.7. The predicted octanol–water partition coefficient (Wildman–Crippen LogP) is 1.30. The van der Waals surface area contributed by atoms with Gasteiger partial charge in [-0.25, -0.2) is 9.07 Å². The van der Waals surface area contributed by atoms with E-state index in [0.29, 0.717) is 6.61 Å². The second-order valence-corrected chi connectivity index (χ2v) is 6.43. The Balaban J connectivity index is 2.21. The molecule has 182 valence electrons. The van der Waals surface area contributed by atoms with Gasteiger partial charge in [-0.15, -0.1) is 5.10 Å². The van der Waals surface area contributed by atoms with E-state index in [9.17, 15) is 27.2 Å². The summed E-state index contributed by atoms with van der Waals surface area (Å²) in [6.45, 7) is -1.74. The molecule has 0 atom stereocenters. The Hall–Kier alpha value is -3.26. The van der Waals surface area contributed by atoms with Crippen LogP contribution < -0.4 is 15.4 Å².